The van der Waals surface area contributed by atoms with Crippen molar-refractivity contribution >= 4 is 28.9 Å². The Hall–Kier alpha value is -2.24. The van der Waals surface area contributed by atoms with Crippen LogP contribution in [0, 0.1) is 4.77 Å². The molecule has 1 heterocycles. The van der Waals surface area contributed by atoms with Crippen molar-refractivity contribution in [1.29, 1.82) is 0 Å². The van der Waals surface area contributed by atoms with Gasteiger partial charge in [-0.15, -0.1) is 0 Å². The second-order valence-corrected chi connectivity index (χ2v) is 6.33. The number of hydrogen-bond donors (Lipinski definition) is 2. The molecule has 0 atom stereocenters. The highest BCUT2D eigenvalue weighted by Gasteiger charge is 2.04. The molecule has 2 aromatic carbocycles. The van der Waals surface area contributed by atoms with E-state index in [1.807, 2.05) is 18.2 Å². The zero-order valence-corrected chi connectivity index (χ0v) is 14.6. The minimum absolute atomic E-state index is 0.511. The summed E-state index contributed by atoms with van der Waals surface area (Å²) in [4.78, 5) is 9.87. The fourth-order valence-electron chi connectivity index (χ4n) is 2.77. The molecule has 0 fully saturated rings. The van der Waals surface area contributed by atoms with Gasteiger partial charge in [0.05, 0.1) is 5.52 Å². The number of fused-ring (bicyclic) bond motifs is 1. The van der Waals surface area contributed by atoms with Gasteiger partial charge in [0, 0.05) is 18.5 Å². The van der Waals surface area contributed by atoms with Crippen LogP contribution in [-0.4, -0.2) is 35.0 Å². The summed E-state index contributed by atoms with van der Waals surface area (Å²) in [5.41, 5.74) is 2.36. The van der Waals surface area contributed by atoms with E-state index in [0.717, 1.165) is 42.8 Å². The minimum atomic E-state index is 0.511. The summed E-state index contributed by atoms with van der Waals surface area (Å²) in [6.07, 6.45) is 1.05. The lowest BCUT2D eigenvalue weighted by molar-refractivity contribution is 0.325. The Labute approximate surface area is 147 Å². The number of aromatic amines is 1. The molecule has 1 aromatic heterocycles. The van der Waals surface area contributed by atoms with Gasteiger partial charge < -0.3 is 15.2 Å². The first-order chi connectivity index (χ1) is 11.7. The van der Waals surface area contributed by atoms with Gasteiger partial charge in [0.15, 0.2) is 4.77 Å². The zero-order chi connectivity index (χ0) is 16.8. The van der Waals surface area contributed by atoms with E-state index >= 15 is 0 Å². The molecule has 0 spiro atoms. The van der Waals surface area contributed by atoms with Crippen LogP contribution in [-0.2, 0) is 6.54 Å². The van der Waals surface area contributed by atoms with Gasteiger partial charge in [-0.2, -0.15) is 0 Å². The van der Waals surface area contributed by atoms with Crippen molar-refractivity contribution in [2.24, 2.45) is 0 Å². The number of nitrogens with one attached hydrogen (secondary N) is 2. The molecule has 0 unspecified atom stereocenters. The molecule has 0 aliphatic heterocycles. The van der Waals surface area contributed by atoms with Crippen molar-refractivity contribution in [2.75, 3.05) is 25.5 Å². The fraction of sp³-hybridized carbons (Fsp3) is 0.263. The maximum Gasteiger partial charge on any atom is 0.199 e. The standard InChI is InChI=1S/C19H22N4S/c1-23(14-15-8-3-2-4-9-15)13-7-12-20-18-16-10-5-6-11-17(16)21-19(24)22-18/h2-6,8-11H,7,12-14H2,1H3,(H2,20,21,22,24). The molecule has 2 N–H and O–H groups in total. The van der Waals surface area contributed by atoms with Crippen molar-refractivity contribution < 1.29 is 0 Å². The second-order valence-electron chi connectivity index (χ2n) is 5.94. The van der Waals surface area contributed by atoms with Crippen LogP contribution < -0.4 is 5.32 Å². The first-order valence-electron chi connectivity index (χ1n) is 8.18. The van der Waals surface area contributed by atoms with E-state index in [1.54, 1.807) is 0 Å². The van der Waals surface area contributed by atoms with E-state index in [9.17, 15) is 0 Å². The molecule has 0 saturated carbocycles. The van der Waals surface area contributed by atoms with Crippen molar-refractivity contribution in [3.8, 4) is 0 Å². The van der Waals surface area contributed by atoms with Crippen molar-refractivity contribution in [3.63, 3.8) is 0 Å². The van der Waals surface area contributed by atoms with Gasteiger partial charge >= 0.3 is 0 Å². The maximum absolute atomic E-state index is 5.21. The minimum Gasteiger partial charge on any atom is -0.369 e. The number of rotatable bonds is 7. The van der Waals surface area contributed by atoms with Gasteiger partial charge in [-0.25, -0.2) is 4.98 Å². The van der Waals surface area contributed by atoms with E-state index in [-0.39, 0.29) is 0 Å². The summed E-state index contributed by atoms with van der Waals surface area (Å²) in [5, 5.41) is 4.50. The smallest absolute Gasteiger partial charge is 0.199 e. The SMILES string of the molecule is CN(CCCNc1nc(=S)[nH]c2ccccc12)Cc1ccccc1. The summed E-state index contributed by atoms with van der Waals surface area (Å²) < 4.78 is 0.511. The van der Waals surface area contributed by atoms with Crippen LogP contribution in [0.25, 0.3) is 10.9 Å². The molecule has 0 bridgehead atoms. The first-order valence-corrected chi connectivity index (χ1v) is 8.58. The quantitative estimate of drug-likeness (QED) is 0.500. The Morgan fingerprint density at radius 1 is 1.08 bits per heavy atom. The third-order valence-electron chi connectivity index (χ3n) is 3.94. The maximum atomic E-state index is 5.21. The van der Waals surface area contributed by atoms with Gasteiger partial charge in [0.2, 0.25) is 0 Å². The fourth-order valence-corrected chi connectivity index (χ4v) is 2.97. The summed E-state index contributed by atoms with van der Waals surface area (Å²) in [6.45, 7) is 2.87. The molecule has 0 radical (unpaired) electrons. The summed E-state index contributed by atoms with van der Waals surface area (Å²) in [5.74, 6) is 0.861. The number of nitrogens with zero attached hydrogens (tertiary/aromatic N) is 2. The molecule has 124 valence electrons. The second kappa shape index (κ2) is 8.04. The Morgan fingerprint density at radius 2 is 1.83 bits per heavy atom. The van der Waals surface area contributed by atoms with Crippen LogP contribution in [0.1, 0.15) is 12.0 Å². The zero-order valence-electron chi connectivity index (χ0n) is 13.8. The van der Waals surface area contributed by atoms with Crippen LogP contribution >= 0.6 is 12.2 Å². The lowest BCUT2D eigenvalue weighted by Crippen LogP contribution is -2.21. The highest BCUT2D eigenvalue weighted by molar-refractivity contribution is 7.71. The number of H-pyrrole nitrogens is 1. The molecule has 0 saturated heterocycles. The normalized spacial score (nSPS) is 11.1. The Bertz CT molecular complexity index is 845. The monoisotopic (exact) mass is 338 g/mol. The van der Waals surface area contributed by atoms with Crippen LogP contribution in [0.15, 0.2) is 54.6 Å². The lowest BCUT2D eigenvalue weighted by atomic mass is 10.2. The average molecular weight is 338 g/mol. The number of anilines is 1. The topological polar surface area (TPSA) is 44.0 Å². The van der Waals surface area contributed by atoms with Crippen molar-refractivity contribution in [2.45, 2.75) is 13.0 Å². The number of aromatic nitrogens is 2. The van der Waals surface area contributed by atoms with Gasteiger partial charge in [-0.3, -0.25) is 0 Å². The van der Waals surface area contributed by atoms with E-state index in [2.05, 4.69) is 63.6 Å². The number of benzene rings is 2. The molecule has 24 heavy (non-hydrogen) atoms. The van der Waals surface area contributed by atoms with Crippen LogP contribution in [0.2, 0.25) is 0 Å². The Kier molecular flexibility index (Phi) is 5.56. The molecule has 0 aliphatic rings. The summed E-state index contributed by atoms with van der Waals surface area (Å²) in [6, 6.07) is 18.6. The molecule has 0 amide bonds. The average Bonchev–Trinajstić information content (AvgIpc) is 2.59. The highest BCUT2D eigenvalue weighted by Crippen LogP contribution is 2.18. The Balaban J connectivity index is 1.53. The molecular weight excluding hydrogens is 316 g/mol. The Morgan fingerprint density at radius 3 is 2.67 bits per heavy atom. The van der Waals surface area contributed by atoms with Crippen LogP contribution in [0.5, 0.6) is 0 Å². The van der Waals surface area contributed by atoms with E-state index in [0.29, 0.717) is 4.77 Å². The van der Waals surface area contributed by atoms with Crippen molar-refractivity contribution in [3.05, 3.63) is 64.9 Å². The first kappa shape index (κ1) is 16.6. The highest BCUT2D eigenvalue weighted by atomic mass is 32.1. The predicted molar refractivity (Wildman–Crippen MR) is 103 cm³/mol. The molecule has 3 rings (SSSR count). The molecule has 3 aromatic rings. The molecule has 0 aliphatic carbocycles. The third kappa shape index (κ3) is 4.40. The van der Waals surface area contributed by atoms with E-state index in [1.165, 1.54) is 5.56 Å². The number of para-hydroxylation sites is 1. The molecular formula is C19H22N4S. The van der Waals surface area contributed by atoms with Crippen LogP contribution in [0.4, 0.5) is 5.82 Å². The van der Waals surface area contributed by atoms with E-state index in [4.69, 9.17) is 12.2 Å². The van der Waals surface area contributed by atoms with Crippen LogP contribution in [0.3, 0.4) is 0 Å². The molecule has 5 heteroatoms. The predicted octanol–water partition coefficient (Wildman–Crippen LogP) is 4.23. The van der Waals surface area contributed by atoms with Gasteiger partial charge in [-0.1, -0.05) is 42.5 Å². The summed E-state index contributed by atoms with van der Waals surface area (Å²) >= 11 is 5.21. The third-order valence-corrected chi connectivity index (χ3v) is 4.13. The van der Waals surface area contributed by atoms with Crippen molar-refractivity contribution in [1.82, 2.24) is 14.9 Å². The summed E-state index contributed by atoms with van der Waals surface area (Å²) in [7, 11) is 2.15. The van der Waals surface area contributed by atoms with Gasteiger partial charge in [-0.05, 0) is 49.9 Å². The van der Waals surface area contributed by atoms with Gasteiger partial charge in [0.25, 0.3) is 0 Å². The number of hydrogen-bond acceptors (Lipinski definition) is 4. The van der Waals surface area contributed by atoms with Gasteiger partial charge in [0.1, 0.15) is 5.82 Å². The molecule has 4 nitrogen and oxygen atoms in total. The van der Waals surface area contributed by atoms with E-state index < -0.39 is 0 Å². The lowest BCUT2D eigenvalue weighted by Gasteiger charge is -2.17. The largest absolute Gasteiger partial charge is 0.369 e.